The highest BCUT2D eigenvalue weighted by atomic mass is 16.6. The molecule has 1 amide bonds. The largest absolute Gasteiger partial charge is 0.450 e. The van der Waals surface area contributed by atoms with E-state index in [0.717, 1.165) is 30.3 Å². The number of nitrogens with zero attached hydrogens (tertiary/aromatic N) is 3. The molecule has 1 aliphatic heterocycles. The summed E-state index contributed by atoms with van der Waals surface area (Å²) < 4.78 is 5.08. The van der Waals surface area contributed by atoms with Crippen LogP contribution in [0, 0.1) is 6.92 Å². The van der Waals surface area contributed by atoms with Crippen molar-refractivity contribution in [2.75, 3.05) is 30.3 Å². The van der Waals surface area contributed by atoms with Gasteiger partial charge < -0.3 is 20.3 Å². The molecule has 2 N–H and O–H groups in total. The minimum Gasteiger partial charge on any atom is -0.450 e. The summed E-state index contributed by atoms with van der Waals surface area (Å²) in [6, 6.07) is 2.86. The lowest BCUT2D eigenvalue weighted by Gasteiger charge is -2.32. The molecule has 26 heavy (non-hydrogen) atoms. The number of piperidine rings is 1. The number of aryl methyl sites for hydroxylation is 1. The molecule has 0 radical (unpaired) electrons. The van der Waals surface area contributed by atoms with E-state index in [1.807, 2.05) is 19.9 Å². The molecule has 3 rings (SSSR count). The Bertz CT molecular complexity index is 596. The average molecular weight is 361 g/mol. The molecule has 0 aromatic carbocycles. The lowest BCUT2D eigenvalue weighted by atomic mass is 9.95. The molecule has 0 spiro atoms. The van der Waals surface area contributed by atoms with E-state index in [1.54, 1.807) is 4.90 Å². The third kappa shape index (κ3) is 5.22. The van der Waals surface area contributed by atoms with Crippen LogP contribution in [-0.2, 0) is 4.74 Å². The van der Waals surface area contributed by atoms with Crippen LogP contribution in [-0.4, -0.2) is 52.7 Å². The summed E-state index contributed by atoms with van der Waals surface area (Å²) >= 11 is 0. The lowest BCUT2D eigenvalue weighted by molar-refractivity contribution is 0.0983. The molecule has 0 bridgehead atoms. The zero-order valence-corrected chi connectivity index (χ0v) is 16.0. The first-order valence-electron chi connectivity index (χ1n) is 9.94. The highest BCUT2D eigenvalue weighted by Gasteiger charge is 2.24. The van der Waals surface area contributed by atoms with Gasteiger partial charge in [0, 0.05) is 31.2 Å². The number of carbonyl (C=O) groups is 1. The number of hydrogen-bond donors (Lipinski definition) is 2. The number of carbonyl (C=O) groups excluding carboxylic acids is 1. The van der Waals surface area contributed by atoms with Gasteiger partial charge in [-0.25, -0.2) is 14.8 Å². The van der Waals surface area contributed by atoms with Gasteiger partial charge >= 0.3 is 6.09 Å². The van der Waals surface area contributed by atoms with Gasteiger partial charge in [-0.1, -0.05) is 19.3 Å². The first-order chi connectivity index (χ1) is 12.6. The van der Waals surface area contributed by atoms with Crippen LogP contribution in [0.25, 0.3) is 0 Å². The molecule has 7 heteroatoms. The van der Waals surface area contributed by atoms with Gasteiger partial charge in [-0.15, -0.1) is 0 Å². The Labute approximate surface area is 155 Å². The van der Waals surface area contributed by atoms with Crippen LogP contribution < -0.4 is 10.6 Å². The fourth-order valence-corrected chi connectivity index (χ4v) is 3.80. The van der Waals surface area contributed by atoms with Crippen LogP contribution >= 0.6 is 0 Å². The van der Waals surface area contributed by atoms with Crippen molar-refractivity contribution in [3.05, 3.63) is 11.9 Å². The smallest absolute Gasteiger partial charge is 0.409 e. The van der Waals surface area contributed by atoms with Gasteiger partial charge in [0.2, 0.25) is 0 Å². The van der Waals surface area contributed by atoms with E-state index < -0.39 is 0 Å². The molecule has 1 aromatic heterocycles. The predicted octanol–water partition coefficient (Wildman–Crippen LogP) is 3.56. The number of hydrogen-bond acceptors (Lipinski definition) is 6. The maximum Gasteiger partial charge on any atom is 0.409 e. The maximum absolute atomic E-state index is 11.8. The van der Waals surface area contributed by atoms with E-state index in [1.165, 1.54) is 32.1 Å². The summed E-state index contributed by atoms with van der Waals surface area (Å²) in [6.45, 7) is 5.62. The van der Waals surface area contributed by atoms with Crippen LogP contribution in [0.1, 0.15) is 57.7 Å². The fraction of sp³-hybridized carbons (Fsp3) is 0.737. The van der Waals surface area contributed by atoms with E-state index in [9.17, 15) is 4.79 Å². The van der Waals surface area contributed by atoms with E-state index in [2.05, 4.69) is 20.6 Å². The predicted molar refractivity (Wildman–Crippen MR) is 103 cm³/mol. The Morgan fingerprint density at radius 2 is 1.65 bits per heavy atom. The number of ether oxygens (including phenoxy) is 1. The summed E-state index contributed by atoms with van der Waals surface area (Å²) in [7, 11) is 0. The summed E-state index contributed by atoms with van der Waals surface area (Å²) in [5, 5.41) is 7.10. The summed E-state index contributed by atoms with van der Waals surface area (Å²) in [5.41, 5.74) is 0. The minimum absolute atomic E-state index is 0.206. The number of likely N-dealkylation sites (tertiary alicyclic amines) is 1. The van der Waals surface area contributed by atoms with Crippen molar-refractivity contribution in [1.82, 2.24) is 14.9 Å². The number of aromatic nitrogens is 2. The summed E-state index contributed by atoms with van der Waals surface area (Å²) in [5.74, 6) is 2.55. The van der Waals surface area contributed by atoms with Gasteiger partial charge in [0.25, 0.3) is 0 Å². The first-order valence-corrected chi connectivity index (χ1v) is 9.94. The van der Waals surface area contributed by atoms with Gasteiger partial charge in [-0.2, -0.15) is 0 Å². The molecule has 2 heterocycles. The Balaban J connectivity index is 1.54. The van der Waals surface area contributed by atoms with Crippen molar-refractivity contribution in [3.63, 3.8) is 0 Å². The molecule has 144 valence electrons. The first kappa shape index (κ1) is 18.7. The van der Waals surface area contributed by atoms with E-state index >= 15 is 0 Å². The summed E-state index contributed by atoms with van der Waals surface area (Å²) in [6.07, 6.45) is 7.97. The number of anilines is 2. The molecule has 1 saturated carbocycles. The second-order valence-corrected chi connectivity index (χ2v) is 7.27. The zero-order valence-electron chi connectivity index (χ0n) is 16.0. The van der Waals surface area contributed by atoms with Gasteiger partial charge in [-0.3, -0.25) is 0 Å². The standard InChI is InChI=1S/C19H31N5O2/c1-3-26-19(25)24-11-9-16(10-12-24)23-18-13-17(20-14(2)21-18)22-15-7-5-4-6-8-15/h13,15-16H,3-12H2,1-2H3,(H2,20,21,22,23). The highest BCUT2D eigenvalue weighted by molar-refractivity contribution is 5.67. The molecule has 0 atom stereocenters. The van der Waals surface area contributed by atoms with Crippen LogP contribution in [0.4, 0.5) is 16.4 Å². The van der Waals surface area contributed by atoms with Crippen LogP contribution in [0.5, 0.6) is 0 Å². The Morgan fingerprint density at radius 3 is 2.23 bits per heavy atom. The minimum atomic E-state index is -0.206. The SMILES string of the molecule is CCOC(=O)N1CCC(Nc2cc(NC3CCCCC3)nc(C)n2)CC1. The molecular formula is C19H31N5O2. The van der Waals surface area contributed by atoms with Crippen molar-refractivity contribution in [1.29, 1.82) is 0 Å². The number of nitrogens with one attached hydrogen (secondary N) is 2. The van der Waals surface area contributed by atoms with E-state index in [-0.39, 0.29) is 6.09 Å². The Morgan fingerprint density at radius 1 is 1.08 bits per heavy atom. The summed E-state index contributed by atoms with van der Waals surface area (Å²) in [4.78, 5) is 22.7. The number of amides is 1. The molecule has 2 aliphatic rings. The molecule has 1 aliphatic carbocycles. The van der Waals surface area contributed by atoms with Gasteiger partial charge in [0.05, 0.1) is 6.61 Å². The average Bonchev–Trinajstić information content (AvgIpc) is 2.63. The van der Waals surface area contributed by atoms with Gasteiger partial charge in [-0.05, 0) is 39.5 Å². The topological polar surface area (TPSA) is 79.4 Å². The van der Waals surface area contributed by atoms with E-state index in [0.29, 0.717) is 31.8 Å². The van der Waals surface area contributed by atoms with Gasteiger partial charge in [0.15, 0.2) is 0 Å². The molecule has 7 nitrogen and oxygen atoms in total. The second kappa shape index (κ2) is 9.05. The van der Waals surface area contributed by atoms with Crippen LogP contribution in [0.2, 0.25) is 0 Å². The van der Waals surface area contributed by atoms with Crippen molar-refractivity contribution >= 4 is 17.7 Å². The maximum atomic E-state index is 11.8. The third-order valence-electron chi connectivity index (χ3n) is 5.17. The highest BCUT2D eigenvalue weighted by Crippen LogP contribution is 2.23. The second-order valence-electron chi connectivity index (χ2n) is 7.27. The van der Waals surface area contributed by atoms with Crippen molar-refractivity contribution in [3.8, 4) is 0 Å². The Kier molecular flexibility index (Phi) is 6.52. The molecule has 0 unspecified atom stereocenters. The fourth-order valence-electron chi connectivity index (χ4n) is 3.80. The van der Waals surface area contributed by atoms with Gasteiger partial charge in [0.1, 0.15) is 17.5 Å². The van der Waals surface area contributed by atoms with Crippen LogP contribution in [0.15, 0.2) is 6.07 Å². The van der Waals surface area contributed by atoms with Crippen molar-refractivity contribution < 1.29 is 9.53 Å². The Hall–Kier alpha value is -2.05. The third-order valence-corrected chi connectivity index (χ3v) is 5.17. The molecule has 1 aromatic rings. The van der Waals surface area contributed by atoms with E-state index in [4.69, 9.17) is 4.74 Å². The molecule has 1 saturated heterocycles. The monoisotopic (exact) mass is 361 g/mol. The quantitative estimate of drug-likeness (QED) is 0.835. The number of rotatable bonds is 5. The molecule has 2 fully saturated rings. The van der Waals surface area contributed by atoms with Crippen LogP contribution in [0.3, 0.4) is 0 Å². The normalized spacial score (nSPS) is 19.2. The zero-order chi connectivity index (χ0) is 18.4. The lowest BCUT2D eigenvalue weighted by Crippen LogP contribution is -2.42. The molecular weight excluding hydrogens is 330 g/mol. The van der Waals surface area contributed by atoms with Crippen molar-refractivity contribution in [2.24, 2.45) is 0 Å². The van der Waals surface area contributed by atoms with Crippen molar-refractivity contribution in [2.45, 2.75) is 70.9 Å².